The van der Waals surface area contributed by atoms with Gasteiger partial charge in [-0.15, -0.1) is 0 Å². The van der Waals surface area contributed by atoms with Crippen molar-refractivity contribution >= 4 is 40.7 Å². The fraction of sp³-hybridized carbons (Fsp3) is 0.500. The van der Waals surface area contributed by atoms with Gasteiger partial charge in [0.2, 0.25) is 11.5 Å². The number of carbonyl (C=O) groups excluding carboxylic acids is 5. The van der Waals surface area contributed by atoms with Crippen molar-refractivity contribution in [1.82, 2.24) is 20.1 Å². The van der Waals surface area contributed by atoms with E-state index in [0.717, 1.165) is 12.0 Å². The van der Waals surface area contributed by atoms with Gasteiger partial charge >= 0.3 is 18.0 Å². The Morgan fingerprint density at radius 2 is 1.57 bits per heavy atom. The van der Waals surface area contributed by atoms with Crippen molar-refractivity contribution in [1.29, 1.82) is 0 Å². The zero-order valence-corrected chi connectivity index (χ0v) is 31.7. The molecule has 1 saturated heterocycles. The van der Waals surface area contributed by atoms with Gasteiger partial charge in [0.15, 0.2) is 0 Å². The molecule has 3 amide bonds. The van der Waals surface area contributed by atoms with Crippen molar-refractivity contribution in [3.8, 4) is 11.5 Å². The molecule has 54 heavy (non-hydrogen) atoms. The predicted molar refractivity (Wildman–Crippen MR) is 198 cm³/mol. The van der Waals surface area contributed by atoms with Gasteiger partial charge in [0.25, 0.3) is 5.91 Å². The smallest absolute Gasteiger partial charge is 0.409 e. The van der Waals surface area contributed by atoms with Gasteiger partial charge in [-0.2, -0.15) is 0 Å². The number of piperazine rings is 1. The molecule has 14 nitrogen and oxygen atoms in total. The van der Waals surface area contributed by atoms with Crippen LogP contribution in [0.25, 0.3) is 10.9 Å². The number of nitrogens with one attached hydrogen (secondary N) is 1. The number of fused-ring (bicyclic) bond motifs is 1. The molecule has 1 aliphatic carbocycles. The number of amides is 3. The van der Waals surface area contributed by atoms with E-state index < -0.39 is 47.1 Å². The molecule has 290 valence electrons. The minimum atomic E-state index is -1.21. The van der Waals surface area contributed by atoms with E-state index in [1.807, 2.05) is 30.3 Å². The van der Waals surface area contributed by atoms with Crippen LogP contribution in [0.1, 0.15) is 82.8 Å². The van der Waals surface area contributed by atoms with Gasteiger partial charge < -0.3 is 38.8 Å². The predicted octanol–water partition coefficient (Wildman–Crippen LogP) is 5.20. The number of esters is 2. The molecule has 1 aliphatic heterocycles. The molecule has 0 spiro atoms. The molecule has 2 heterocycles. The minimum absolute atomic E-state index is 0.0437. The highest BCUT2D eigenvalue weighted by molar-refractivity contribution is 6.00. The lowest BCUT2D eigenvalue weighted by molar-refractivity contribution is -0.169. The van der Waals surface area contributed by atoms with E-state index in [-0.39, 0.29) is 63.7 Å². The van der Waals surface area contributed by atoms with E-state index in [2.05, 4.69) is 10.3 Å². The van der Waals surface area contributed by atoms with Crippen molar-refractivity contribution in [2.45, 2.75) is 90.6 Å². The summed E-state index contributed by atoms with van der Waals surface area (Å²) in [5.41, 5.74) is -0.683. The maximum atomic E-state index is 14.1. The maximum absolute atomic E-state index is 14.1. The monoisotopic (exact) mass is 746 g/mol. The average molecular weight is 747 g/mol. The van der Waals surface area contributed by atoms with Gasteiger partial charge in [-0.25, -0.2) is 14.6 Å². The normalized spacial score (nSPS) is 15.7. The highest BCUT2D eigenvalue weighted by Gasteiger charge is 2.48. The summed E-state index contributed by atoms with van der Waals surface area (Å²) in [7, 11) is 0. The lowest BCUT2D eigenvalue weighted by Gasteiger charge is -2.39. The number of carbonyl (C=O) groups is 5. The van der Waals surface area contributed by atoms with E-state index in [9.17, 15) is 24.0 Å². The van der Waals surface area contributed by atoms with Gasteiger partial charge in [0.05, 0.1) is 18.7 Å². The summed E-state index contributed by atoms with van der Waals surface area (Å²) in [6.07, 6.45) is 1.01. The minimum Gasteiger partial charge on any atom is -0.489 e. The summed E-state index contributed by atoms with van der Waals surface area (Å²) in [4.78, 5) is 73.9. The van der Waals surface area contributed by atoms with Crippen LogP contribution in [0.3, 0.4) is 0 Å². The summed E-state index contributed by atoms with van der Waals surface area (Å²) in [5, 5.41) is 3.35. The third kappa shape index (κ3) is 10.2. The first-order valence-corrected chi connectivity index (χ1v) is 18.5. The lowest BCUT2D eigenvalue weighted by Crippen LogP contribution is -2.56. The highest BCUT2D eigenvalue weighted by Crippen LogP contribution is 2.40. The SMILES string of the molecule is CCOC(=O)N1CCN(C(=O)C(CCC(=O)OC(C)(C)C)NC(=O)c2cc(OC3(C(=O)OCC)CCC3)c3ccc(OCc4ccccc4)cc3n2)CC1. The van der Waals surface area contributed by atoms with Crippen molar-refractivity contribution in [3.05, 3.63) is 65.9 Å². The molecule has 2 aromatic carbocycles. The Labute approximate surface area is 315 Å². The number of aromatic nitrogens is 1. The zero-order valence-electron chi connectivity index (χ0n) is 31.7. The van der Waals surface area contributed by atoms with Crippen LogP contribution in [0, 0.1) is 0 Å². The molecule has 1 unspecified atom stereocenters. The summed E-state index contributed by atoms with van der Waals surface area (Å²) in [6.45, 7) is 10.3. The molecule has 1 N–H and O–H groups in total. The Morgan fingerprint density at radius 3 is 2.20 bits per heavy atom. The van der Waals surface area contributed by atoms with E-state index in [4.69, 9.17) is 23.7 Å². The van der Waals surface area contributed by atoms with Crippen LogP contribution in [-0.2, 0) is 35.2 Å². The van der Waals surface area contributed by atoms with Crippen LogP contribution in [0.5, 0.6) is 11.5 Å². The van der Waals surface area contributed by atoms with Crippen molar-refractivity contribution in [2.75, 3.05) is 39.4 Å². The van der Waals surface area contributed by atoms with Crippen molar-refractivity contribution in [3.63, 3.8) is 0 Å². The average Bonchev–Trinajstić information content (AvgIpc) is 3.13. The molecule has 2 fully saturated rings. The second-order valence-corrected chi connectivity index (χ2v) is 14.3. The molecular weight excluding hydrogens is 696 g/mol. The second-order valence-electron chi connectivity index (χ2n) is 14.3. The Kier molecular flexibility index (Phi) is 13.0. The number of hydrogen-bond donors (Lipinski definition) is 1. The Bertz CT molecular complexity index is 1810. The van der Waals surface area contributed by atoms with E-state index in [1.165, 1.54) is 11.0 Å². The molecule has 0 bridgehead atoms. The topological polar surface area (TPSA) is 163 Å². The maximum Gasteiger partial charge on any atom is 0.409 e. The number of rotatable bonds is 14. The summed E-state index contributed by atoms with van der Waals surface area (Å²) < 4.78 is 28.4. The fourth-order valence-electron chi connectivity index (χ4n) is 6.22. The largest absolute Gasteiger partial charge is 0.489 e. The number of nitrogens with zero attached hydrogens (tertiary/aromatic N) is 3. The molecule has 14 heteroatoms. The van der Waals surface area contributed by atoms with Crippen LogP contribution >= 0.6 is 0 Å². The van der Waals surface area contributed by atoms with Gasteiger partial charge in [-0.1, -0.05) is 30.3 Å². The highest BCUT2D eigenvalue weighted by atomic mass is 16.6. The number of hydrogen-bond acceptors (Lipinski definition) is 11. The van der Waals surface area contributed by atoms with E-state index in [0.29, 0.717) is 36.1 Å². The Morgan fingerprint density at radius 1 is 0.889 bits per heavy atom. The standard InChI is InChI=1S/C40H50N4O10/c1-6-50-37(48)40(18-11-19-40)53-33-25-32(41-31-24-28(14-15-29(31)33)52-26-27-12-9-8-10-13-27)35(46)42-30(16-17-34(45)54-39(3,4)5)36(47)43-20-22-44(23-21-43)38(49)51-7-2/h8-10,12-15,24-25,30H,6-7,11,16-23,26H2,1-5H3,(H,42,46). The first-order chi connectivity index (χ1) is 25.8. The molecule has 1 aromatic heterocycles. The zero-order chi connectivity index (χ0) is 38.9. The third-order valence-electron chi connectivity index (χ3n) is 9.12. The number of ether oxygens (including phenoxy) is 5. The Hall–Kier alpha value is -5.40. The summed E-state index contributed by atoms with van der Waals surface area (Å²) >= 11 is 0. The van der Waals surface area contributed by atoms with Gasteiger partial charge in [-0.05, 0) is 78.0 Å². The quantitative estimate of drug-likeness (QED) is 0.171. The molecule has 5 rings (SSSR count). The van der Waals surface area contributed by atoms with Gasteiger partial charge in [-0.3, -0.25) is 14.4 Å². The van der Waals surface area contributed by atoms with Crippen LogP contribution in [0.4, 0.5) is 4.79 Å². The van der Waals surface area contributed by atoms with Crippen LogP contribution in [0.2, 0.25) is 0 Å². The first-order valence-electron chi connectivity index (χ1n) is 18.5. The van der Waals surface area contributed by atoms with Gasteiger partial charge in [0, 0.05) is 50.1 Å². The van der Waals surface area contributed by atoms with E-state index in [1.54, 1.807) is 57.7 Å². The summed E-state index contributed by atoms with van der Waals surface area (Å²) in [6, 6.07) is 15.2. The van der Waals surface area contributed by atoms with Gasteiger partial charge in [0.1, 0.15) is 35.4 Å². The van der Waals surface area contributed by atoms with Crippen LogP contribution in [0.15, 0.2) is 54.6 Å². The van der Waals surface area contributed by atoms with Crippen molar-refractivity contribution in [2.24, 2.45) is 0 Å². The fourth-order valence-corrected chi connectivity index (χ4v) is 6.22. The molecule has 1 saturated carbocycles. The molecule has 3 aromatic rings. The Balaban J connectivity index is 1.43. The van der Waals surface area contributed by atoms with Crippen LogP contribution in [-0.4, -0.2) is 101 Å². The molecule has 2 aliphatic rings. The van der Waals surface area contributed by atoms with E-state index >= 15 is 0 Å². The molecule has 1 atom stereocenters. The first kappa shape index (κ1) is 39.8. The lowest BCUT2D eigenvalue weighted by atomic mass is 9.80. The van der Waals surface area contributed by atoms with Crippen LogP contribution < -0.4 is 14.8 Å². The third-order valence-corrected chi connectivity index (χ3v) is 9.12. The molecular formula is C40H50N4O10. The number of benzene rings is 2. The second kappa shape index (κ2) is 17.6. The summed E-state index contributed by atoms with van der Waals surface area (Å²) in [5.74, 6) is -1.36. The van der Waals surface area contributed by atoms with Crippen molar-refractivity contribution < 1.29 is 47.7 Å². The molecule has 0 radical (unpaired) electrons. The number of pyridine rings is 1.